The summed E-state index contributed by atoms with van der Waals surface area (Å²) >= 11 is 0. The molecule has 5 nitrogen and oxygen atoms in total. The monoisotopic (exact) mass is 386 g/mol. The minimum Gasteiger partial charge on any atom is -0.389 e. The Morgan fingerprint density at radius 3 is 2.71 bits per heavy atom. The molecule has 1 saturated heterocycles. The first kappa shape index (κ1) is 19.9. The fourth-order valence-electron chi connectivity index (χ4n) is 5.31. The quantitative estimate of drug-likeness (QED) is 0.817. The smallest absolute Gasteiger partial charge is 0.237 e. The number of hydrogen-bond donors (Lipinski definition) is 2. The van der Waals surface area contributed by atoms with Gasteiger partial charge in [0.25, 0.3) is 0 Å². The maximum Gasteiger partial charge on any atom is 0.237 e. The highest BCUT2D eigenvalue weighted by molar-refractivity contribution is 5.79. The first-order valence-corrected chi connectivity index (χ1v) is 11.0. The van der Waals surface area contributed by atoms with Crippen LogP contribution >= 0.6 is 0 Å². The molecular formula is C23H34N2O3. The predicted molar refractivity (Wildman–Crippen MR) is 109 cm³/mol. The number of fused-ring (bicyclic) bond motifs is 1. The van der Waals surface area contributed by atoms with Gasteiger partial charge in [0.2, 0.25) is 5.91 Å². The highest BCUT2D eigenvalue weighted by Crippen LogP contribution is 2.39. The molecule has 1 saturated carbocycles. The average Bonchev–Trinajstić information content (AvgIpc) is 2.74. The predicted octanol–water partition coefficient (Wildman–Crippen LogP) is 2.82. The minimum atomic E-state index is -0.632. The Bertz CT molecular complexity index is 666. The van der Waals surface area contributed by atoms with Crippen LogP contribution in [0.5, 0.6) is 0 Å². The molecule has 5 heteroatoms. The van der Waals surface area contributed by atoms with Crippen molar-refractivity contribution in [3.8, 4) is 0 Å². The summed E-state index contributed by atoms with van der Waals surface area (Å²) in [5.41, 5.74) is 2.07. The molecule has 154 valence electrons. The van der Waals surface area contributed by atoms with Crippen LogP contribution in [0.1, 0.15) is 62.1 Å². The molecule has 1 atom stereocenters. The van der Waals surface area contributed by atoms with Gasteiger partial charge in [-0.15, -0.1) is 0 Å². The number of ether oxygens (including phenoxy) is 1. The zero-order chi connectivity index (χ0) is 19.4. The van der Waals surface area contributed by atoms with E-state index >= 15 is 0 Å². The summed E-state index contributed by atoms with van der Waals surface area (Å²) in [4.78, 5) is 15.3. The molecule has 0 bridgehead atoms. The van der Waals surface area contributed by atoms with Crippen LogP contribution in [-0.2, 0) is 16.0 Å². The summed E-state index contributed by atoms with van der Waals surface area (Å²) in [5.74, 6) is 0.618. The van der Waals surface area contributed by atoms with Crippen LogP contribution in [-0.4, -0.2) is 54.4 Å². The lowest BCUT2D eigenvalue weighted by Crippen LogP contribution is -2.49. The van der Waals surface area contributed by atoms with Crippen molar-refractivity contribution in [3.63, 3.8) is 0 Å². The number of hydrogen-bond acceptors (Lipinski definition) is 4. The summed E-state index contributed by atoms with van der Waals surface area (Å²) in [7, 11) is 0. The summed E-state index contributed by atoms with van der Waals surface area (Å²) in [5, 5.41) is 14.0. The molecule has 2 heterocycles. The SMILES string of the molecule is O=C(CNCC1(O)CCCCC1)N1CCc2ccccc2C1C1CCOCC1. The van der Waals surface area contributed by atoms with Gasteiger partial charge in [-0.25, -0.2) is 0 Å². The molecular weight excluding hydrogens is 352 g/mol. The van der Waals surface area contributed by atoms with Crippen LogP contribution in [0, 0.1) is 5.92 Å². The van der Waals surface area contributed by atoms with Crippen molar-refractivity contribution < 1.29 is 14.6 Å². The first-order valence-electron chi connectivity index (χ1n) is 11.0. The van der Waals surface area contributed by atoms with Gasteiger partial charge in [0.05, 0.1) is 18.2 Å². The Morgan fingerprint density at radius 2 is 1.93 bits per heavy atom. The van der Waals surface area contributed by atoms with Gasteiger partial charge in [-0.3, -0.25) is 4.79 Å². The number of nitrogens with zero attached hydrogens (tertiary/aromatic N) is 1. The van der Waals surface area contributed by atoms with Crippen LogP contribution in [0.4, 0.5) is 0 Å². The highest BCUT2D eigenvalue weighted by atomic mass is 16.5. The number of benzene rings is 1. The maximum absolute atomic E-state index is 13.2. The van der Waals surface area contributed by atoms with E-state index < -0.39 is 5.60 Å². The van der Waals surface area contributed by atoms with E-state index in [4.69, 9.17) is 4.74 Å². The zero-order valence-electron chi connectivity index (χ0n) is 16.9. The summed E-state index contributed by atoms with van der Waals surface area (Å²) < 4.78 is 5.57. The van der Waals surface area contributed by atoms with Crippen molar-refractivity contribution in [1.82, 2.24) is 10.2 Å². The van der Waals surface area contributed by atoms with Crippen molar-refractivity contribution in [3.05, 3.63) is 35.4 Å². The van der Waals surface area contributed by atoms with Gasteiger partial charge >= 0.3 is 0 Å². The van der Waals surface area contributed by atoms with Crippen molar-refractivity contribution in [2.45, 2.75) is 63.0 Å². The van der Waals surface area contributed by atoms with E-state index in [1.807, 2.05) is 0 Å². The molecule has 1 aliphatic carbocycles. The molecule has 1 unspecified atom stereocenters. The van der Waals surface area contributed by atoms with Gasteiger partial charge in [-0.05, 0) is 49.1 Å². The van der Waals surface area contributed by atoms with Crippen LogP contribution in [0.2, 0.25) is 0 Å². The lowest BCUT2D eigenvalue weighted by atomic mass is 9.81. The Kier molecular flexibility index (Phi) is 6.34. The van der Waals surface area contributed by atoms with Gasteiger partial charge in [0.1, 0.15) is 0 Å². The number of amides is 1. The molecule has 2 aliphatic heterocycles. The molecule has 0 aromatic heterocycles. The summed E-state index contributed by atoms with van der Waals surface area (Å²) in [6, 6.07) is 8.76. The van der Waals surface area contributed by atoms with Crippen LogP contribution in [0.25, 0.3) is 0 Å². The standard InChI is InChI=1S/C23H34N2O3/c26-21(16-24-17-23(27)11-4-1-5-12-23)25-13-8-18-6-2-3-7-20(18)22(25)19-9-14-28-15-10-19/h2-3,6-7,19,22,24,27H,1,4-5,8-17H2. The molecule has 1 amide bonds. The van der Waals surface area contributed by atoms with E-state index in [1.54, 1.807) is 0 Å². The molecule has 2 fully saturated rings. The topological polar surface area (TPSA) is 61.8 Å². The second-order valence-corrected chi connectivity index (χ2v) is 8.82. The third-order valence-electron chi connectivity index (χ3n) is 6.88. The Hall–Kier alpha value is -1.43. The Labute approximate surface area is 168 Å². The second kappa shape index (κ2) is 8.93. The van der Waals surface area contributed by atoms with Gasteiger partial charge in [0, 0.05) is 26.3 Å². The fraction of sp³-hybridized carbons (Fsp3) is 0.696. The van der Waals surface area contributed by atoms with E-state index in [1.165, 1.54) is 17.5 Å². The number of carbonyl (C=O) groups excluding carboxylic acids is 1. The fourth-order valence-corrected chi connectivity index (χ4v) is 5.31. The highest BCUT2D eigenvalue weighted by Gasteiger charge is 2.37. The van der Waals surface area contributed by atoms with E-state index in [-0.39, 0.29) is 11.9 Å². The van der Waals surface area contributed by atoms with Crippen molar-refractivity contribution in [1.29, 1.82) is 0 Å². The van der Waals surface area contributed by atoms with Gasteiger partial charge in [-0.1, -0.05) is 43.5 Å². The normalized spacial score (nSPS) is 25.3. The molecule has 2 N–H and O–H groups in total. The Morgan fingerprint density at radius 1 is 1.18 bits per heavy atom. The third-order valence-corrected chi connectivity index (χ3v) is 6.88. The van der Waals surface area contributed by atoms with Crippen LogP contribution in [0.3, 0.4) is 0 Å². The average molecular weight is 387 g/mol. The number of nitrogens with one attached hydrogen (secondary N) is 1. The van der Waals surface area contributed by atoms with Crippen LogP contribution in [0.15, 0.2) is 24.3 Å². The number of carbonyl (C=O) groups is 1. The molecule has 1 aromatic rings. The zero-order valence-corrected chi connectivity index (χ0v) is 16.9. The maximum atomic E-state index is 13.2. The summed E-state index contributed by atoms with van der Waals surface area (Å²) in [6.07, 6.45) is 8.01. The molecule has 4 rings (SSSR count). The van der Waals surface area contributed by atoms with E-state index in [2.05, 4.69) is 34.5 Å². The van der Waals surface area contributed by atoms with E-state index in [0.29, 0.717) is 19.0 Å². The Balaban J connectivity index is 1.43. The molecule has 3 aliphatic rings. The van der Waals surface area contributed by atoms with E-state index in [9.17, 15) is 9.90 Å². The lowest BCUT2D eigenvalue weighted by molar-refractivity contribution is -0.135. The third kappa shape index (κ3) is 4.42. The molecule has 28 heavy (non-hydrogen) atoms. The van der Waals surface area contributed by atoms with Gasteiger partial charge in [-0.2, -0.15) is 0 Å². The molecule has 0 spiro atoms. The first-order chi connectivity index (χ1) is 13.7. The van der Waals surface area contributed by atoms with Crippen molar-refractivity contribution >= 4 is 5.91 Å². The van der Waals surface area contributed by atoms with E-state index in [0.717, 1.165) is 64.7 Å². The van der Waals surface area contributed by atoms with Gasteiger partial charge < -0.3 is 20.1 Å². The minimum absolute atomic E-state index is 0.154. The van der Waals surface area contributed by atoms with Gasteiger partial charge in [0.15, 0.2) is 0 Å². The lowest BCUT2D eigenvalue weighted by Gasteiger charge is -2.43. The molecule has 0 radical (unpaired) electrons. The summed E-state index contributed by atoms with van der Waals surface area (Å²) in [6.45, 7) is 3.19. The van der Waals surface area contributed by atoms with Crippen molar-refractivity contribution in [2.24, 2.45) is 5.92 Å². The second-order valence-electron chi connectivity index (χ2n) is 8.82. The number of aliphatic hydroxyl groups is 1. The largest absolute Gasteiger partial charge is 0.389 e. The number of rotatable bonds is 5. The molecule has 1 aromatic carbocycles. The van der Waals surface area contributed by atoms with Crippen LogP contribution < -0.4 is 5.32 Å². The van der Waals surface area contributed by atoms with Crippen molar-refractivity contribution in [2.75, 3.05) is 32.8 Å².